The van der Waals surface area contributed by atoms with E-state index in [4.69, 9.17) is 4.42 Å². The fraction of sp³-hybridized carbons (Fsp3) is 0.0556. The Morgan fingerprint density at radius 2 is 1.61 bits per heavy atom. The summed E-state index contributed by atoms with van der Waals surface area (Å²) in [6.45, 7) is 1.72. The van der Waals surface area contributed by atoms with E-state index in [2.05, 4.69) is 15.2 Å². The lowest BCUT2D eigenvalue weighted by Gasteiger charge is -2.10. The van der Waals surface area contributed by atoms with Gasteiger partial charge in [-0.25, -0.2) is 8.78 Å². The Balaban J connectivity index is 1.90. The van der Waals surface area contributed by atoms with Gasteiger partial charge in [-0.1, -0.05) is 18.2 Å². The highest BCUT2D eigenvalue weighted by atomic mass is 32.2. The van der Waals surface area contributed by atoms with Crippen LogP contribution in [0, 0.1) is 30.5 Å². The number of nitrogens with zero attached hydrogens (tertiary/aromatic N) is 4. The summed E-state index contributed by atoms with van der Waals surface area (Å²) in [5, 5.41) is 8.05. The van der Waals surface area contributed by atoms with Gasteiger partial charge in [0.1, 0.15) is 5.76 Å². The van der Waals surface area contributed by atoms with Gasteiger partial charge < -0.3 is 4.42 Å². The summed E-state index contributed by atoms with van der Waals surface area (Å²) in [5.41, 5.74) is 1.19. The van der Waals surface area contributed by atoms with E-state index in [1.807, 2.05) is 0 Å². The molecule has 4 aromatic rings. The number of aryl methyl sites for hydroxylation is 1. The maximum atomic E-state index is 14.1. The zero-order valence-electron chi connectivity index (χ0n) is 14.2. The highest BCUT2D eigenvalue weighted by molar-refractivity contribution is 7.99. The van der Waals surface area contributed by atoms with Gasteiger partial charge in [0.05, 0.1) is 16.7 Å². The smallest absolute Gasteiger partial charge is 0.252 e. The van der Waals surface area contributed by atoms with Crippen LogP contribution in [0.5, 0.6) is 0 Å². The summed E-state index contributed by atoms with van der Waals surface area (Å²) < 4.78 is 61.9. The van der Waals surface area contributed by atoms with E-state index in [1.54, 1.807) is 43.3 Å². The van der Waals surface area contributed by atoms with Crippen molar-refractivity contribution < 1.29 is 22.0 Å². The van der Waals surface area contributed by atoms with Crippen molar-refractivity contribution in [2.75, 3.05) is 0 Å². The molecule has 3 heterocycles. The Bertz CT molecular complexity index is 1130. The van der Waals surface area contributed by atoms with Gasteiger partial charge in [-0.2, -0.15) is 13.8 Å². The third-order valence-corrected chi connectivity index (χ3v) is 4.91. The monoisotopic (exact) mass is 406 g/mol. The molecule has 0 amide bonds. The predicted molar refractivity (Wildman–Crippen MR) is 92.0 cm³/mol. The van der Waals surface area contributed by atoms with Crippen molar-refractivity contribution in [1.82, 2.24) is 19.7 Å². The SMILES string of the molecule is Cc1occc1-c1nnc(Sc2c(F)c(F)nc(F)c2F)n1-c1ccccc1. The summed E-state index contributed by atoms with van der Waals surface area (Å²) in [6.07, 6.45) is 1.47. The maximum absolute atomic E-state index is 14.1. The van der Waals surface area contributed by atoms with Crippen LogP contribution in [0.15, 0.2) is 57.1 Å². The molecule has 1 aromatic carbocycles. The minimum Gasteiger partial charge on any atom is -0.469 e. The van der Waals surface area contributed by atoms with Crippen LogP contribution in [0.1, 0.15) is 5.76 Å². The van der Waals surface area contributed by atoms with Crippen molar-refractivity contribution in [2.24, 2.45) is 0 Å². The van der Waals surface area contributed by atoms with Gasteiger partial charge in [-0.05, 0) is 36.9 Å². The molecule has 0 aliphatic rings. The van der Waals surface area contributed by atoms with Crippen molar-refractivity contribution in [2.45, 2.75) is 17.0 Å². The molecule has 0 aliphatic heterocycles. The van der Waals surface area contributed by atoms with Gasteiger partial charge in [-0.15, -0.1) is 10.2 Å². The Morgan fingerprint density at radius 3 is 2.21 bits per heavy atom. The van der Waals surface area contributed by atoms with E-state index in [-0.39, 0.29) is 5.16 Å². The molecule has 0 radical (unpaired) electrons. The average molecular weight is 406 g/mol. The lowest BCUT2D eigenvalue weighted by Crippen LogP contribution is -2.04. The molecule has 28 heavy (non-hydrogen) atoms. The van der Waals surface area contributed by atoms with Crippen LogP contribution in [-0.2, 0) is 0 Å². The molecule has 0 N–H and O–H groups in total. The van der Waals surface area contributed by atoms with Crippen LogP contribution < -0.4 is 0 Å². The van der Waals surface area contributed by atoms with Crippen LogP contribution in [0.3, 0.4) is 0 Å². The quantitative estimate of drug-likeness (QED) is 0.355. The third kappa shape index (κ3) is 3.05. The highest BCUT2D eigenvalue weighted by Gasteiger charge is 2.26. The number of para-hydroxylation sites is 1. The summed E-state index contributed by atoms with van der Waals surface area (Å²) in [6, 6.07) is 10.4. The van der Waals surface area contributed by atoms with Crippen LogP contribution in [0.4, 0.5) is 17.6 Å². The summed E-state index contributed by atoms with van der Waals surface area (Å²) in [7, 11) is 0. The van der Waals surface area contributed by atoms with Crippen molar-refractivity contribution in [3.63, 3.8) is 0 Å². The standard InChI is InChI=1S/C18H10F4N4OS/c1-9-11(7-8-27-9)17-24-25-18(26(17)10-5-3-2-4-6-10)28-14-12(19)15(21)23-16(22)13(14)20/h2-8H,1H3. The normalized spacial score (nSPS) is 11.2. The number of benzene rings is 1. The molecule has 0 atom stereocenters. The molecule has 0 saturated heterocycles. The molecule has 5 nitrogen and oxygen atoms in total. The van der Waals surface area contributed by atoms with Gasteiger partial charge in [0.2, 0.25) is 5.16 Å². The number of hydrogen-bond acceptors (Lipinski definition) is 5. The van der Waals surface area contributed by atoms with E-state index in [0.29, 0.717) is 34.6 Å². The van der Waals surface area contributed by atoms with E-state index in [0.717, 1.165) is 0 Å². The lowest BCUT2D eigenvalue weighted by molar-refractivity contribution is 0.383. The molecule has 142 valence electrons. The minimum absolute atomic E-state index is 0.00426. The first-order valence-electron chi connectivity index (χ1n) is 7.90. The van der Waals surface area contributed by atoms with E-state index >= 15 is 0 Å². The van der Waals surface area contributed by atoms with E-state index in [9.17, 15) is 17.6 Å². The predicted octanol–water partition coefficient (Wildman–Crippen LogP) is 4.94. The van der Waals surface area contributed by atoms with Crippen molar-refractivity contribution in [3.05, 3.63) is 72.0 Å². The van der Waals surface area contributed by atoms with Crippen molar-refractivity contribution in [3.8, 4) is 17.1 Å². The molecule has 0 spiro atoms. The molecule has 0 bridgehead atoms. The second-order valence-corrected chi connectivity index (χ2v) is 6.60. The van der Waals surface area contributed by atoms with Gasteiger partial charge in [0.15, 0.2) is 17.5 Å². The first kappa shape index (κ1) is 18.2. The Labute approximate surface area is 160 Å². The van der Waals surface area contributed by atoms with Crippen LogP contribution >= 0.6 is 11.8 Å². The lowest BCUT2D eigenvalue weighted by atomic mass is 10.2. The van der Waals surface area contributed by atoms with E-state index in [1.165, 1.54) is 10.8 Å². The van der Waals surface area contributed by atoms with Crippen molar-refractivity contribution >= 4 is 11.8 Å². The second kappa shape index (κ2) is 7.12. The van der Waals surface area contributed by atoms with Crippen LogP contribution in [0.2, 0.25) is 0 Å². The van der Waals surface area contributed by atoms with Gasteiger partial charge in [0.25, 0.3) is 11.9 Å². The summed E-state index contributed by atoms with van der Waals surface area (Å²) >= 11 is 0.403. The number of halogens is 4. The van der Waals surface area contributed by atoms with Gasteiger partial charge >= 0.3 is 0 Å². The fourth-order valence-corrected chi connectivity index (χ4v) is 3.48. The molecular weight excluding hydrogens is 396 g/mol. The third-order valence-electron chi connectivity index (χ3n) is 3.90. The zero-order valence-corrected chi connectivity index (χ0v) is 15.0. The van der Waals surface area contributed by atoms with Gasteiger partial charge in [-0.3, -0.25) is 4.57 Å². The average Bonchev–Trinajstić information content (AvgIpc) is 3.30. The molecule has 0 unspecified atom stereocenters. The highest BCUT2D eigenvalue weighted by Crippen LogP contribution is 2.36. The maximum Gasteiger partial charge on any atom is 0.252 e. The Kier molecular flexibility index (Phi) is 4.63. The first-order valence-corrected chi connectivity index (χ1v) is 8.72. The molecular formula is C18H10F4N4OS. The van der Waals surface area contributed by atoms with E-state index < -0.39 is 28.4 Å². The number of pyridine rings is 1. The Hall–Kier alpha value is -3.14. The number of furan rings is 1. The molecule has 0 fully saturated rings. The largest absolute Gasteiger partial charge is 0.469 e. The van der Waals surface area contributed by atoms with Crippen LogP contribution in [0.25, 0.3) is 17.1 Å². The Morgan fingerprint density at radius 1 is 0.929 bits per heavy atom. The van der Waals surface area contributed by atoms with Gasteiger partial charge in [0, 0.05) is 5.69 Å². The first-order chi connectivity index (χ1) is 13.5. The molecule has 4 rings (SSSR count). The van der Waals surface area contributed by atoms with Crippen LogP contribution in [-0.4, -0.2) is 19.7 Å². The summed E-state index contributed by atoms with van der Waals surface area (Å²) in [4.78, 5) is 1.66. The number of aromatic nitrogens is 4. The molecule has 3 aromatic heterocycles. The van der Waals surface area contributed by atoms with Crippen molar-refractivity contribution in [1.29, 1.82) is 0 Å². The number of rotatable bonds is 4. The molecule has 10 heteroatoms. The zero-order chi connectivity index (χ0) is 19.8. The fourth-order valence-electron chi connectivity index (χ4n) is 2.59. The minimum atomic E-state index is -1.74. The second-order valence-electron chi connectivity index (χ2n) is 5.62. The molecule has 0 aliphatic carbocycles. The summed E-state index contributed by atoms with van der Waals surface area (Å²) in [5.74, 6) is -5.79. The topological polar surface area (TPSA) is 56.7 Å². The number of hydrogen-bond donors (Lipinski definition) is 0. The molecule has 0 saturated carbocycles.